The van der Waals surface area contributed by atoms with Gasteiger partial charge in [0.15, 0.2) is 0 Å². The second-order valence-corrected chi connectivity index (χ2v) is 4.56. The monoisotopic (exact) mass is 219 g/mol. The van der Waals surface area contributed by atoms with Crippen LogP contribution in [-0.4, -0.2) is 12.6 Å². The van der Waals surface area contributed by atoms with E-state index in [0.29, 0.717) is 12.1 Å². The van der Waals surface area contributed by atoms with Gasteiger partial charge in [-0.3, -0.25) is 0 Å². The molecule has 0 aliphatic carbocycles. The summed E-state index contributed by atoms with van der Waals surface area (Å²) in [7, 11) is 0. The topological polar surface area (TPSA) is 21.3 Å². The summed E-state index contributed by atoms with van der Waals surface area (Å²) in [5.74, 6) is 0.986. The molecule has 1 aliphatic rings. The minimum atomic E-state index is 0.504. The zero-order chi connectivity index (χ0) is 11.4. The first kappa shape index (κ1) is 11.5. The summed E-state index contributed by atoms with van der Waals surface area (Å²) in [6.07, 6.45) is 3.85. The van der Waals surface area contributed by atoms with Crippen LogP contribution in [0.25, 0.3) is 0 Å². The highest BCUT2D eigenvalue weighted by Gasteiger charge is 2.19. The van der Waals surface area contributed by atoms with E-state index < -0.39 is 0 Å². The molecule has 2 atom stereocenters. The van der Waals surface area contributed by atoms with Crippen LogP contribution < -0.4 is 10.1 Å². The van der Waals surface area contributed by atoms with Gasteiger partial charge < -0.3 is 10.1 Å². The van der Waals surface area contributed by atoms with E-state index >= 15 is 0 Å². The Morgan fingerprint density at radius 2 is 2.25 bits per heavy atom. The summed E-state index contributed by atoms with van der Waals surface area (Å²) in [4.78, 5) is 0. The maximum Gasteiger partial charge on any atom is 0.119 e. The van der Waals surface area contributed by atoms with E-state index in [-0.39, 0.29) is 0 Å². The Kier molecular flexibility index (Phi) is 3.83. The van der Waals surface area contributed by atoms with E-state index in [4.69, 9.17) is 4.74 Å². The average Bonchev–Trinajstić information content (AvgIpc) is 2.30. The number of rotatable bonds is 3. The molecule has 2 rings (SSSR count). The van der Waals surface area contributed by atoms with E-state index in [1.807, 2.05) is 13.0 Å². The first-order chi connectivity index (χ1) is 7.79. The molecule has 1 heterocycles. The van der Waals surface area contributed by atoms with E-state index in [0.717, 1.165) is 12.4 Å². The smallest absolute Gasteiger partial charge is 0.119 e. The summed E-state index contributed by atoms with van der Waals surface area (Å²) in [5, 5.41) is 3.65. The minimum Gasteiger partial charge on any atom is -0.494 e. The maximum absolute atomic E-state index is 5.54. The fourth-order valence-corrected chi connectivity index (χ4v) is 2.39. The third-order valence-corrected chi connectivity index (χ3v) is 3.19. The molecule has 1 N–H and O–H groups in total. The van der Waals surface area contributed by atoms with Gasteiger partial charge in [0, 0.05) is 12.1 Å². The van der Waals surface area contributed by atoms with Crippen molar-refractivity contribution in [1.29, 1.82) is 0 Å². The minimum absolute atomic E-state index is 0.504. The SMILES string of the molecule is CCOc1cccc(C2CCCC(C)N2)c1. The van der Waals surface area contributed by atoms with Gasteiger partial charge in [-0.2, -0.15) is 0 Å². The maximum atomic E-state index is 5.54. The van der Waals surface area contributed by atoms with Gasteiger partial charge in [0.05, 0.1) is 6.61 Å². The highest BCUT2D eigenvalue weighted by Crippen LogP contribution is 2.27. The first-order valence-electron chi connectivity index (χ1n) is 6.28. The quantitative estimate of drug-likeness (QED) is 0.842. The summed E-state index contributed by atoms with van der Waals surface area (Å²) < 4.78 is 5.54. The number of benzene rings is 1. The van der Waals surface area contributed by atoms with Gasteiger partial charge in [0.25, 0.3) is 0 Å². The summed E-state index contributed by atoms with van der Waals surface area (Å²) >= 11 is 0. The molecule has 2 heteroatoms. The molecule has 2 nitrogen and oxygen atoms in total. The zero-order valence-corrected chi connectivity index (χ0v) is 10.2. The molecule has 1 aliphatic heterocycles. The van der Waals surface area contributed by atoms with Crippen molar-refractivity contribution in [3.8, 4) is 5.75 Å². The molecule has 1 saturated heterocycles. The van der Waals surface area contributed by atoms with Crippen LogP contribution >= 0.6 is 0 Å². The van der Waals surface area contributed by atoms with Gasteiger partial charge in [0.1, 0.15) is 5.75 Å². The predicted octanol–water partition coefficient (Wildman–Crippen LogP) is 3.29. The van der Waals surface area contributed by atoms with Crippen LogP contribution in [0.4, 0.5) is 0 Å². The van der Waals surface area contributed by atoms with E-state index in [2.05, 4.69) is 30.4 Å². The second-order valence-electron chi connectivity index (χ2n) is 4.56. The summed E-state index contributed by atoms with van der Waals surface area (Å²) in [6.45, 7) is 5.02. The van der Waals surface area contributed by atoms with Crippen LogP contribution in [0, 0.1) is 0 Å². The fourth-order valence-electron chi connectivity index (χ4n) is 2.39. The molecule has 2 unspecified atom stereocenters. The molecule has 0 amide bonds. The molecule has 1 aromatic carbocycles. The Balaban J connectivity index is 2.09. The molecule has 0 saturated carbocycles. The highest BCUT2D eigenvalue weighted by atomic mass is 16.5. The van der Waals surface area contributed by atoms with Gasteiger partial charge in [-0.1, -0.05) is 18.6 Å². The van der Waals surface area contributed by atoms with Gasteiger partial charge >= 0.3 is 0 Å². The lowest BCUT2D eigenvalue weighted by Gasteiger charge is -2.29. The van der Waals surface area contributed by atoms with Gasteiger partial charge in [-0.25, -0.2) is 0 Å². The average molecular weight is 219 g/mol. The predicted molar refractivity (Wildman–Crippen MR) is 66.8 cm³/mol. The number of ether oxygens (including phenoxy) is 1. The van der Waals surface area contributed by atoms with Crippen LogP contribution in [0.2, 0.25) is 0 Å². The van der Waals surface area contributed by atoms with Gasteiger partial charge in [-0.15, -0.1) is 0 Å². The summed E-state index contributed by atoms with van der Waals surface area (Å²) in [5.41, 5.74) is 1.36. The standard InChI is InChI=1S/C14H21NO/c1-3-16-13-8-5-7-12(10-13)14-9-4-6-11(2)15-14/h5,7-8,10-11,14-15H,3-4,6,9H2,1-2H3. The zero-order valence-electron chi connectivity index (χ0n) is 10.2. The van der Waals surface area contributed by atoms with Crippen LogP contribution in [0.5, 0.6) is 5.75 Å². The molecule has 0 aromatic heterocycles. The van der Waals surface area contributed by atoms with E-state index in [1.165, 1.54) is 24.8 Å². The first-order valence-corrected chi connectivity index (χ1v) is 6.28. The number of nitrogens with one attached hydrogen (secondary N) is 1. The van der Waals surface area contributed by atoms with Crippen LogP contribution in [0.1, 0.15) is 44.7 Å². The lowest BCUT2D eigenvalue weighted by molar-refractivity contribution is 0.330. The molecule has 88 valence electrons. The van der Waals surface area contributed by atoms with Crippen molar-refractivity contribution in [1.82, 2.24) is 5.32 Å². The Morgan fingerprint density at radius 1 is 1.38 bits per heavy atom. The third kappa shape index (κ3) is 2.76. The molecular weight excluding hydrogens is 198 g/mol. The molecular formula is C14H21NO. The largest absolute Gasteiger partial charge is 0.494 e. The van der Waals surface area contributed by atoms with Crippen LogP contribution in [0.3, 0.4) is 0 Å². The van der Waals surface area contributed by atoms with Crippen molar-refractivity contribution >= 4 is 0 Å². The van der Waals surface area contributed by atoms with Crippen molar-refractivity contribution in [3.63, 3.8) is 0 Å². The Labute approximate surface area is 98.0 Å². The van der Waals surface area contributed by atoms with E-state index in [9.17, 15) is 0 Å². The second kappa shape index (κ2) is 5.35. The molecule has 0 bridgehead atoms. The normalized spacial score (nSPS) is 25.4. The van der Waals surface area contributed by atoms with Gasteiger partial charge in [-0.05, 0) is 44.4 Å². The fraction of sp³-hybridized carbons (Fsp3) is 0.571. The third-order valence-electron chi connectivity index (χ3n) is 3.19. The van der Waals surface area contributed by atoms with Crippen LogP contribution in [-0.2, 0) is 0 Å². The number of piperidine rings is 1. The van der Waals surface area contributed by atoms with Crippen LogP contribution in [0.15, 0.2) is 24.3 Å². The Hall–Kier alpha value is -1.02. The van der Waals surface area contributed by atoms with Crippen molar-refractivity contribution < 1.29 is 4.74 Å². The number of hydrogen-bond acceptors (Lipinski definition) is 2. The Bertz CT molecular complexity index is 337. The van der Waals surface area contributed by atoms with Crippen molar-refractivity contribution in [2.45, 2.75) is 45.2 Å². The highest BCUT2D eigenvalue weighted by molar-refractivity contribution is 5.30. The lowest BCUT2D eigenvalue weighted by Crippen LogP contribution is -2.34. The molecule has 1 fully saturated rings. The lowest BCUT2D eigenvalue weighted by atomic mass is 9.94. The molecule has 0 spiro atoms. The Morgan fingerprint density at radius 3 is 3.00 bits per heavy atom. The summed E-state index contributed by atoms with van der Waals surface area (Å²) in [6, 6.07) is 9.61. The van der Waals surface area contributed by atoms with Gasteiger partial charge in [0.2, 0.25) is 0 Å². The van der Waals surface area contributed by atoms with Crippen molar-refractivity contribution in [3.05, 3.63) is 29.8 Å². The molecule has 16 heavy (non-hydrogen) atoms. The molecule has 1 aromatic rings. The molecule has 0 radical (unpaired) electrons. The van der Waals surface area contributed by atoms with Crippen molar-refractivity contribution in [2.24, 2.45) is 0 Å². The number of hydrogen-bond donors (Lipinski definition) is 1. The van der Waals surface area contributed by atoms with Crippen molar-refractivity contribution in [2.75, 3.05) is 6.61 Å². The van der Waals surface area contributed by atoms with E-state index in [1.54, 1.807) is 0 Å².